The van der Waals surface area contributed by atoms with Gasteiger partial charge in [-0.2, -0.15) is 0 Å². The van der Waals surface area contributed by atoms with Crippen molar-refractivity contribution in [1.29, 1.82) is 0 Å². The molecule has 0 fully saturated rings. The summed E-state index contributed by atoms with van der Waals surface area (Å²) >= 11 is 0. The number of nitrogens with one attached hydrogen (secondary N) is 1. The van der Waals surface area contributed by atoms with Crippen LogP contribution in [0.5, 0.6) is 5.75 Å². The van der Waals surface area contributed by atoms with Gasteiger partial charge in [-0.25, -0.2) is 0 Å². The first-order chi connectivity index (χ1) is 6.83. The maximum Gasteiger partial charge on any atom is 0.115 e. The maximum absolute atomic E-state index is 9.24. The highest BCUT2D eigenvalue weighted by Crippen LogP contribution is 2.11. The van der Waals surface area contributed by atoms with E-state index in [-0.39, 0.29) is 0 Å². The molecule has 0 saturated carbocycles. The van der Waals surface area contributed by atoms with Crippen molar-refractivity contribution in [3.05, 3.63) is 29.8 Å². The van der Waals surface area contributed by atoms with Gasteiger partial charge in [0.15, 0.2) is 0 Å². The molecule has 0 aliphatic rings. The van der Waals surface area contributed by atoms with Crippen LogP contribution in [0.2, 0.25) is 0 Å². The van der Waals surface area contributed by atoms with E-state index in [4.69, 9.17) is 0 Å². The molecule has 2 nitrogen and oxygen atoms in total. The quantitative estimate of drug-likeness (QED) is 0.680. The molecule has 0 aliphatic heterocycles. The third-order valence-corrected chi connectivity index (χ3v) is 2.16. The molecule has 0 spiro atoms. The van der Waals surface area contributed by atoms with Crippen LogP contribution in [-0.4, -0.2) is 18.2 Å². The largest absolute Gasteiger partial charge is 0.508 e. The van der Waals surface area contributed by atoms with Crippen LogP contribution in [0.3, 0.4) is 0 Å². The van der Waals surface area contributed by atoms with Crippen molar-refractivity contribution in [3.8, 4) is 5.75 Å². The van der Waals surface area contributed by atoms with Gasteiger partial charge in [-0.15, -0.1) is 0 Å². The third kappa shape index (κ3) is 4.28. The van der Waals surface area contributed by atoms with Crippen LogP contribution in [0.15, 0.2) is 24.3 Å². The molecule has 0 aromatic heterocycles. The molecule has 0 radical (unpaired) electrons. The Morgan fingerprint density at radius 2 is 2.14 bits per heavy atom. The fourth-order valence-corrected chi connectivity index (χ4v) is 1.43. The minimum absolute atomic E-state index is 0.365. The van der Waals surface area contributed by atoms with Crippen molar-refractivity contribution in [3.63, 3.8) is 0 Å². The molecule has 0 unspecified atom stereocenters. The Morgan fingerprint density at radius 3 is 2.86 bits per heavy atom. The standard InChI is InChI=1S/C12H19NO/c1-2-8-13-9-4-6-11-5-3-7-12(14)10-11/h3,5,7,10,13-14H,2,4,6,8-9H2,1H3. The van der Waals surface area contributed by atoms with Crippen molar-refractivity contribution >= 4 is 0 Å². The average molecular weight is 193 g/mol. The lowest BCUT2D eigenvalue weighted by Crippen LogP contribution is -2.16. The highest BCUT2D eigenvalue weighted by Gasteiger charge is 1.94. The number of phenolic OH excluding ortho intramolecular Hbond substituents is 1. The Balaban J connectivity index is 2.18. The number of aryl methyl sites for hydroxylation is 1. The second kappa shape index (κ2) is 6.44. The first-order valence-electron chi connectivity index (χ1n) is 5.31. The van der Waals surface area contributed by atoms with Crippen LogP contribution in [0.25, 0.3) is 0 Å². The van der Waals surface area contributed by atoms with Crippen molar-refractivity contribution in [2.75, 3.05) is 13.1 Å². The highest BCUT2D eigenvalue weighted by molar-refractivity contribution is 5.27. The second-order valence-corrected chi connectivity index (χ2v) is 3.52. The molecule has 0 heterocycles. The molecule has 14 heavy (non-hydrogen) atoms. The van der Waals surface area contributed by atoms with Crippen LogP contribution in [0.1, 0.15) is 25.3 Å². The molecular weight excluding hydrogens is 174 g/mol. The van der Waals surface area contributed by atoms with Gasteiger partial charge in [0, 0.05) is 0 Å². The second-order valence-electron chi connectivity index (χ2n) is 3.52. The summed E-state index contributed by atoms with van der Waals surface area (Å²) in [5.74, 6) is 0.365. The molecule has 1 aromatic carbocycles. The number of aromatic hydroxyl groups is 1. The van der Waals surface area contributed by atoms with E-state index >= 15 is 0 Å². The Labute approximate surface area is 86.0 Å². The van der Waals surface area contributed by atoms with E-state index in [0.717, 1.165) is 25.9 Å². The number of phenols is 1. The lowest BCUT2D eigenvalue weighted by atomic mass is 10.1. The third-order valence-electron chi connectivity index (χ3n) is 2.16. The van der Waals surface area contributed by atoms with Crippen molar-refractivity contribution in [2.45, 2.75) is 26.2 Å². The van der Waals surface area contributed by atoms with E-state index < -0.39 is 0 Å². The first-order valence-corrected chi connectivity index (χ1v) is 5.31. The van der Waals surface area contributed by atoms with Gasteiger partial charge in [0.2, 0.25) is 0 Å². The average Bonchev–Trinajstić information content (AvgIpc) is 2.18. The minimum Gasteiger partial charge on any atom is -0.508 e. The maximum atomic E-state index is 9.24. The molecular formula is C12H19NO. The Morgan fingerprint density at radius 1 is 1.29 bits per heavy atom. The molecule has 0 bridgehead atoms. The zero-order chi connectivity index (χ0) is 10.2. The van der Waals surface area contributed by atoms with Gasteiger partial charge in [-0.05, 0) is 50.0 Å². The van der Waals surface area contributed by atoms with E-state index in [1.54, 1.807) is 6.07 Å². The predicted molar refractivity (Wildman–Crippen MR) is 59.6 cm³/mol. The number of hydrogen-bond acceptors (Lipinski definition) is 2. The van der Waals surface area contributed by atoms with E-state index in [0.29, 0.717) is 5.75 Å². The zero-order valence-corrected chi connectivity index (χ0v) is 8.79. The van der Waals surface area contributed by atoms with Crippen LogP contribution < -0.4 is 5.32 Å². The first kappa shape index (κ1) is 11.1. The lowest BCUT2D eigenvalue weighted by molar-refractivity contribution is 0.474. The molecule has 2 heteroatoms. The fourth-order valence-electron chi connectivity index (χ4n) is 1.43. The molecule has 0 atom stereocenters. The zero-order valence-electron chi connectivity index (χ0n) is 8.79. The molecule has 1 aromatic rings. The van der Waals surface area contributed by atoms with Gasteiger partial charge in [0.25, 0.3) is 0 Å². The van der Waals surface area contributed by atoms with Crippen molar-refractivity contribution in [1.82, 2.24) is 5.32 Å². The molecule has 2 N–H and O–H groups in total. The topological polar surface area (TPSA) is 32.3 Å². The van der Waals surface area contributed by atoms with Gasteiger partial charge in [-0.3, -0.25) is 0 Å². The van der Waals surface area contributed by atoms with E-state index in [1.165, 1.54) is 12.0 Å². The van der Waals surface area contributed by atoms with E-state index in [2.05, 4.69) is 18.3 Å². The number of hydrogen-bond donors (Lipinski definition) is 2. The summed E-state index contributed by atoms with van der Waals surface area (Å²) in [6, 6.07) is 7.49. The molecule has 0 aliphatic carbocycles. The summed E-state index contributed by atoms with van der Waals surface area (Å²) < 4.78 is 0. The van der Waals surface area contributed by atoms with Gasteiger partial charge in [0.1, 0.15) is 5.75 Å². The Hall–Kier alpha value is -1.02. The van der Waals surface area contributed by atoms with Gasteiger partial charge in [-0.1, -0.05) is 19.1 Å². The molecule has 0 amide bonds. The Kier molecular flexibility index (Phi) is 5.08. The summed E-state index contributed by atoms with van der Waals surface area (Å²) in [5.41, 5.74) is 1.21. The van der Waals surface area contributed by atoms with Gasteiger partial charge >= 0.3 is 0 Å². The molecule has 1 rings (SSSR count). The number of benzene rings is 1. The van der Waals surface area contributed by atoms with Crippen LogP contribution in [0, 0.1) is 0 Å². The van der Waals surface area contributed by atoms with Gasteiger partial charge in [0.05, 0.1) is 0 Å². The van der Waals surface area contributed by atoms with Crippen LogP contribution in [0.4, 0.5) is 0 Å². The highest BCUT2D eigenvalue weighted by atomic mass is 16.3. The summed E-state index contributed by atoms with van der Waals surface area (Å²) in [4.78, 5) is 0. The smallest absolute Gasteiger partial charge is 0.115 e. The van der Waals surface area contributed by atoms with E-state index in [9.17, 15) is 5.11 Å². The molecule has 0 saturated heterocycles. The monoisotopic (exact) mass is 193 g/mol. The SMILES string of the molecule is CCCNCCCc1cccc(O)c1. The summed E-state index contributed by atoms with van der Waals surface area (Å²) in [7, 11) is 0. The lowest BCUT2D eigenvalue weighted by Gasteiger charge is -2.03. The van der Waals surface area contributed by atoms with Crippen molar-refractivity contribution in [2.24, 2.45) is 0 Å². The van der Waals surface area contributed by atoms with Crippen molar-refractivity contribution < 1.29 is 5.11 Å². The van der Waals surface area contributed by atoms with Crippen LogP contribution >= 0.6 is 0 Å². The van der Waals surface area contributed by atoms with Gasteiger partial charge < -0.3 is 10.4 Å². The summed E-state index contributed by atoms with van der Waals surface area (Å²) in [6.07, 6.45) is 3.35. The summed E-state index contributed by atoms with van der Waals surface area (Å²) in [6.45, 7) is 4.33. The predicted octanol–water partition coefficient (Wildman–Crippen LogP) is 2.32. The molecule has 78 valence electrons. The van der Waals surface area contributed by atoms with E-state index in [1.807, 2.05) is 12.1 Å². The Bertz CT molecular complexity index is 260. The minimum atomic E-state index is 0.365. The fraction of sp³-hybridized carbons (Fsp3) is 0.500. The number of rotatable bonds is 6. The summed E-state index contributed by atoms with van der Waals surface area (Å²) in [5, 5.41) is 12.6. The van der Waals surface area contributed by atoms with Crippen LogP contribution in [-0.2, 0) is 6.42 Å². The normalized spacial score (nSPS) is 10.4.